The van der Waals surface area contributed by atoms with Crippen molar-refractivity contribution in [1.82, 2.24) is 0 Å². The van der Waals surface area contributed by atoms with Crippen LogP contribution in [-0.4, -0.2) is 6.04 Å². The third kappa shape index (κ3) is 4.31. The summed E-state index contributed by atoms with van der Waals surface area (Å²) < 4.78 is 13.0. The smallest absolute Gasteiger partial charge is 0.126 e. The van der Waals surface area contributed by atoms with E-state index >= 15 is 0 Å². The van der Waals surface area contributed by atoms with Gasteiger partial charge in [0.15, 0.2) is 0 Å². The fourth-order valence-electron chi connectivity index (χ4n) is 1.95. The quantitative estimate of drug-likeness (QED) is 0.783. The minimum absolute atomic E-state index is 0.119. The SMILES string of the molecule is CCCC(N)CCCc1ccc(F)c(C)c1. The summed E-state index contributed by atoms with van der Waals surface area (Å²) in [6.07, 6.45) is 5.40. The van der Waals surface area contributed by atoms with E-state index in [1.165, 1.54) is 5.56 Å². The van der Waals surface area contributed by atoms with Gasteiger partial charge in [0.2, 0.25) is 0 Å². The van der Waals surface area contributed by atoms with Crippen molar-refractivity contribution in [2.45, 2.75) is 52.0 Å². The Kier molecular flexibility index (Phi) is 5.47. The highest BCUT2D eigenvalue weighted by atomic mass is 19.1. The van der Waals surface area contributed by atoms with Crippen LogP contribution in [0.4, 0.5) is 4.39 Å². The van der Waals surface area contributed by atoms with Gasteiger partial charge >= 0.3 is 0 Å². The predicted molar refractivity (Wildman–Crippen MR) is 67.0 cm³/mol. The van der Waals surface area contributed by atoms with E-state index in [-0.39, 0.29) is 5.82 Å². The Hall–Kier alpha value is -0.890. The number of hydrogen-bond acceptors (Lipinski definition) is 1. The van der Waals surface area contributed by atoms with Crippen molar-refractivity contribution < 1.29 is 4.39 Å². The van der Waals surface area contributed by atoms with Gasteiger partial charge in [0, 0.05) is 6.04 Å². The molecular formula is C14H22FN. The topological polar surface area (TPSA) is 26.0 Å². The van der Waals surface area contributed by atoms with Gasteiger partial charge in [-0.3, -0.25) is 0 Å². The lowest BCUT2D eigenvalue weighted by molar-refractivity contribution is 0.539. The van der Waals surface area contributed by atoms with Crippen molar-refractivity contribution in [3.05, 3.63) is 35.1 Å². The molecule has 1 nitrogen and oxygen atoms in total. The van der Waals surface area contributed by atoms with E-state index in [9.17, 15) is 4.39 Å². The molecule has 0 radical (unpaired) electrons. The molecule has 0 aliphatic heterocycles. The Morgan fingerprint density at radius 1 is 1.31 bits per heavy atom. The number of benzene rings is 1. The molecular weight excluding hydrogens is 201 g/mol. The number of hydrogen-bond donors (Lipinski definition) is 1. The lowest BCUT2D eigenvalue weighted by atomic mass is 10.0. The molecule has 0 saturated heterocycles. The van der Waals surface area contributed by atoms with Crippen LogP contribution in [0.2, 0.25) is 0 Å². The van der Waals surface area contributed by atoms with E-state index in [4.69, 9.17) is 5.73 Å². The Morgan fingerprint density at radius 2 is 2.06 bits per heavy atom. The van der Waals surface area contributed by atoms with Crippen LogP contribution in [0.1, 0.15) is 43.7 Å². The minimum Gasteiger partial charge on any atom is -0.328 e. The molecule has 0 aliphatic carbocycles. The average molecular weight is 223 g/mol. The summed E-state index contributed by atoms with van der Waals surface area (Å²) in [5, 5.41) is 0. The zero-order valence-electron chi connectivity index (χ0n) is 10.3. The van der Waals surface area contributed by atoms with Gasteiger partial charge in [0.1, 0.15) is 5.82 Å². The van der Waals surface area contributed by atoms with Crippen molar-refractivity contribution >= 4 is 0 Å². The van der Waals surface area contributed by atoms with Crippen LogP contribution >= 0.6 is 0 Å². The van der Waals surface area contributed by atoms with E-state index in [1.807, 2.05) is 19.1 Å². The Labute approximate surface area is 97.9 Å². The first kappa shape index (κ1) is 13.2. The maximum atomic E-state index is 13.0. The van der Waals surface area contributed by atoms with Crippen LogP contribution in [0.3, 0.4) is 0 Å². The van der Waals surface area contributed by atoms with Crippen LogP contribution < -0.4 is 5.73 Å². The molecule has 0 bridgehead atoms. The van der Waals surface area contributed by atoms with Gasteiger partial charge in [-0.2, -0.15) is 0 Å². The Balaban J connectivity index is 2.34. The lowest BCUT2D eigenvalue weighted by Gasteiger charge is -2.10. The molecule has 16 heavy (non-hydrogen) atoms. The second-order valence-corrected chi connectivity index (χ2v) is 4.52. The summed E-state index contributed by atoms with van der Waals surface area (Å²) >= 11 is 0. The molecule has 0 saturated carbocycles. The van der Waals surface area contributed by atoms with Gasteiger partial charge in [-0.05, 0) is 49.8 Å². The standard InChI is InChI=1S/C14H22FN/c1-3-5-13(16)7-4-6-12-8-9-14(15)11(2)10-12/h8-10,13H,3-7,16H2,1-2H3. The molecule has 1 aromatic carbocycles. The molecule has 90 valence electrons. The maximum absolute atomic E-state index is 13.0. The number of aryl methyl sites for hydroxylation is 2. The van der Waals surface area contributed by atoms with Gasteiger partial charge < -0.3 is 5.73 Å². The molecule has 0 aliphatic rings. The fraction of sp³-hybridized carbons (Fsp3) is 0.571. The second kappa shape index (κ2) is 6.64. The number of nitrogens with two attached hydrogens (primary N) is 1. The normalized spacial score (nSPS) is 12.8. The van der Waals surface area contributed by atoms with Gasteiger partial charge in [-0.15, -0.1) is 0 Å². The number of halogens is 1. The Morgan fingerprint density at radius 3 is 2.69 bits per heavy atom. The first-order valence-corrected chi connectivity index (χ1v) is 6.14. The van der Waals surface area contributed by atoms with Gasteiger partial charge in [-0.25, -0.2) is 4.39 Å². The zero-order chi connectivity index (χ0) is 12.0. The summed E-state index contributed by atoms with van der Waals surface area (Å²) in [6, 6.07) is 5.68. The summed E-state index contributed by atoms with van der Waals surface area (Å²) in [5.41, 5.74) is 7.88. The largest absolute Gasteiger partial charge is 0.328 e. The summed E-state index contributed by atoms with van der Waals surface area (Å²) in [5.74, 6) is -0.119. The minimum atomic E-state index is -0.119. The predicted octanol–water partition coefficient (Wildman–Crippen LogP) is 3.58. The summed E-state index contributed by atoms with van der Waals surface area (Å²) in [4.78, 5) is 0. The van der Waals surface area contributed by atoms with Gasteiger partial charge in [0.05, 0.1) is 0 Å². The monoisotopic (exact) mass is 223 g/mol. The summed E-state index contributed by atoms with van der Waals surface area (Å²) in [6.45, 7) is 3.96. The van der Waals surface area contributed by atoms with Crippen molar-refractivity contribution in [1.29, 1.82) is 0 Å². The molecule has 2 heteroatoms. The van der Waals surface area contributed by atoms with Crippen LogP contribution in [0.25, 0.3) is 0 Å². The molecule has 1 unspecified atom stereocenters. The summed E-state index contributed by atoms with van der Waals surface area (Å²) in [7, 11) is 0. The Bertz CT molecular complexity index is 323. The zero-order valence-corrected chi connectivity index (χ0v) is 10.3. The highest BCUT2D eigenvalue weighted by Gasteiger charge is 2.02. The van der Waals surface area contributed by atoms with E-state index < -0.39 is 0 Å². The third-order valence-corrected chi connectivity index (χ3v) is 2.92. The molecule has 1 atom stereocenters. The second-order valence-electron chi connectivity index (χ2n) is 4.52. The van der Waals surface area contributed by atoms with Crippen molar-refractivity contribution in [2.75, 3.05) is 0 Å². The first-order valence-electron chi connectivity index (χ1n) is 6.14. The van der Waals surface area contributed by atoms with Crippen LogP contribution in [0.5, 0.6) is 0 Å². The van der Waals surface area contributed by atoms with Crippen molar-refractivity contribution in [3.63, 3.8) is 0 Å². The van der Waals surface area contributed by atoms with Gasteiger partial charge in [0.25, 0.3) is 0 Å². The molecule has 0 heterocycles. The highest BCUT2D eigenvalue weighted by Crippen LogP contribution is 2.12. The molecule has 2 N–H and O–H groups in total. The lowest BCUT2D eigenvalue weighted by Crippen LogP contribution is -2.19. The van der Waals surface area contributed by atoms with Crippen molar-refractivity contribution in [2.24, 2.45) is 5.73 Å². The molecule has 0 spiro atoms. The molecule has 1 aromatic rings. The van der Waals surface area contributed by atoms with Crippen LogP contribution in [-0.2, 0) is 6.42 Å². The van der Waals surface area contributed by atoms with Crippen LogP contribution in [0, 0.1) is 12.7 Å². The first-order chi connectivity index (χ1) is 7.63. The highest BCUT2D eigenvalue weighted by molar-refractivity contribution is 5.23. The fourth-order valence-corrected chi connectivity index (χ4v) is 1.95. The molecule has 0 amide bonds. The van der Waals surface area contributed by atoms with Crippen molar-refractivity contribution in [3.8, 4) is 0 Å². The van der Waals surface area contributed by atoms with E-state index in [0.29, 0.717) is 6.04 Å². The molecule has 0 aromatic heterocycles. The average Bonchev–Trinajstić information content (AvgIpc) is 2.24. The van der Waals surface area contributed by atoms with E-state index in [2.05, 4.69) is 6.92 Å². The van der Waals surface area contributed by atoms with Crippen LogP contribution in [0.15, 0.2) is 18.2 Å². The van der Waals surface area contributed by atoms with Gasteiger partial charge in [-0.1, -0.05) is 25.5 Å². The molecule has 0 fully saturated rings. The maximum Gasteiger partial charge on any atom is 0.126 e. The van der Waals surface area contributed by atoms with E-state index in [0.717, 1.165) is 37.7 Å². The number of rotatable bonds is 6. The van der Waals surface area contributed by atoms with E-state index in [1.54, 1.807) is 6.07 Å². The molecule has 1 rings (SSSR count). The third-order valence-electron chi connectivity index (χ3n) is 2.92.